The number of rotatable bonds is 5. The van der Waals surface area contributed by atoms with E-state index in [9.17, 15) is 9.59 Å². The lowest BCUT2D eigenvalue weighted by molar-refractivity contribution is -0.140. The number of amides is 1. The fraction of sp³-hybridized carbons (Fsp3) is 0.833. The number of unbranched alkanes of at least 4 members (excludes halogenated alkanes) is 1. The minimum atomic E-state index is -0.790. The van der Waals surface area contributed by atoms with Gasteiger partial charge in [0, 0.05) is 25.9 Å². The van der Waals surface area contributed by atoms with Gasteiger partial charge in [0.1, 0.15) is 0 Å². The SMILES string of the molecule is O=C(O)CCCCC(=O)N1CC2CCC(C1)O2. The molecule has 0 saturated carbocycles. The largest absolute Gasteiger partial charge is 0.481 e. The van der Waals surface area contributed by atoms with E-state index in [1.165, 1.54) is 0 Å². The first-order valence-corrected chi connectivity index (χ1v) is 6.30. The number of carbonyl (C=O) groups is 2. The van der Waals surface area contributed by atoms with Crippen molar-refractivity contribution in [3.05, 3.63) is 0 Å². The van der Waals surface area contributed by atoms with Crippen LogP contribution in [0.15, 0.2) is 0 Å². The topological polar surface area (TPSA) is 66.8 Å². The number of ether oxygens (including phenoxy) is 1. The highest BCUT2D eigenvalue weighted by atomic mass is 16.5. The Bertz CT molecular complexity index is 293. The van der Waals surface area contributed by atoms with Crippen LogP contribution in [-0.2, 0) is 14.3 Å². The summed E-state index contributed by atoms with van der Waals surface area (Å²) in [6.07, 6.45) is 4.46. The van der Waals surface area contributed by atoms with Crippen LogP contribution >= 0.6 is 0 Å². The number of aliphatic carboxylic acids is 1. The van der Waals surface area contributed by atoms with Crippen molar-refractivity contribution < 1.29 is 19.4 Å². The second-order valence-electron chi connectivity index (χ2n) is 4.86. The lowest BCUT2D eigenvalue weighted by atomic mass is 10.1. The van der Waals surface area contributed by atoms with Crippen LogP contribution in [0.25, 0.3) is 0 Å². The third kappa shape index (κ3) is 3.43. The summed E-state index contributed by atoms with van der Waals surface area (Å²) in [5, 5.41) is 8.49. The summed E-state index contributed by atoms with van der Waals surface area (Å²) in [6.45, 7) is 1.43. The zero-order chi connectivity index (χ0) is 12.3. The molecular weight excluding hydrogens is 222 g/mol. The summed E-state index contributed by atoms with van der Waals surface area (Å²) in [6, 6.07) is 0. The molecule has 5 heteroatoms. The van der Waals surface area contributed by atoms with Crippen molar-refractivity contribution in [2.75, 3.05) is 13.1 Å². The van der Waals surface area contributed by atoms with Gasteiger partial charge in [-0.05, 0) is 25.7 Å². The first kappa shape index (κ1) is 12.4. The molecule has 0 radical (unpaired) electrons. The van der Waals surface area contributed by atoms with Gasteiger partial charge in [-0.15, -0.1) is 0 Å². The van der Waals surface area contributed by atoms with Gasteiger partial charge in [-0.2, -0.15) is 0 Å². The van der Waals surface area contributed by atoms with Gasteiger partial charge >= 0.3 is 5.97 Å². The first-order chi connectivity index (χ1) is 8.15. The Balaban J connectivity index is 1.67. The van der Waals surface area contributed by atoms with E-state index < -0.39 is 5.97 Å². The quantitative estimate of drug-likeness (QED) is 0.730. The second-order valence-corrected chi connectivity index (χ2v) is 4.86. The van der Waals surface area contributed by atoms with Crippen LogP contribution in [0.4, 0.5) is 0 Å². The van der Waals surface area contributed by atoms with E-state index in [4.69, 9.17) is 9.84 Å². The predicted molar refractivity (Wildman–Crippen MR) is 60.6 cm³/mol. The van der Waals surface area contributed by atoms with Crippen LogP contribution in [0.3, 0.4) is 0 Å². The third-order valence-electron chi connectivity index (χ3n) is 3.43. The molecule has 0 aliphatic carbocycles. The van der Waals surface area contributed by atoms with Gasteiger partial charge in [0.15, 0.2) is 0 Å². The van der Waals surface area contributed by atoms with E-state index in [1.807, 2.05) is 4.90 Å². The fourth-order valence-corrected chi connectivity index (χ4v) is 2.53. The molecule has 0 aromatic heterocycles. The van der Waals surface area contributed by atoms with Gasteiger partial charge in [0.25, 0.3) is 0 Å². The molecule has 2 atom stereocenters. The molecule has 2 unspecified atom stereocenters. The first-order valence-electron chi connectivity index (χ1n) is 6.30. The Morgan fingerprint density at radius 1 is 1.12 bits per heavy atom. The smallest absolute Gasteiger partial charge is 0.303 e. The number of morpholine rings is 1. The predicted octanol–water partition coefficient (Wildman–Crippen LogP) is 1.02. The molecule has 96 valence electrons. The molecule has 0 spiro atoms. The molecule has 5 nitrogen and oxygen atoms in total. The van der Waals surface area contributed by atoms with Crippen LogP contribution in [0, 0.1) is 0 Å². The summed E-state index contributed by atoms with van der Waals surface area (Å²) in [7, 11) is 0. The molecule has 1 N–H and O–H groups in total. The van der Waals surface area contributed by atoms with E-state index >= 15 is 0 Å². The Hall–Kier alpha value is -1.10. The van der Waals surface area contributed by atoms with Gasteiger partial charge in [0.05, 0.1) is 12.2 Å². The summed E-state index contributed by atoms with van der Waals surface area (Å²) >= 11 is 0. The number of carbonyl (C=O) groups excluding carboxylic acids is 1. The number of carboxylic acid groups (broad SMARTS) is 1. The zero-order valence-electron chi connectivity index (χ0n) is 9.93. The Morgan fingerprint density at radius 2 is 1.71 bits per heavy atom. The van der Waals surface area contributed by atoms with E-state index in [1.54, 1.807) is 0 Å². The molecule has 17 heavy (non-hydrogen) atoms. The van der Waals surface area contributed by atoms with Gasteiger partial charge in [-0.1, -0.05) is 0 Å². The highest BCUT2D eigenvalue weighted by molar-refractivity contribution is 5.76. The van der Waals surface area contributed by atoms with E-state index in [0.29, 0.717) is 32.4 Å². The van der Waals surface area contributed by atoms with Gasteiger partial charge in [0.2, 0.25) is 5.91 Å². The second kappa shape index (κ2) is 5.49. The lowest BCUT2D eigenvalue weighted by Gasteiger charge is -2.32. The maximum Gasteiger partial charge on any atom is 0.303 e. The molecular formula is C12H19NO4. The van der Waals surface area contributed by atoms with Gasteiger partial charge < -0.3 is 14.7 Å². The number of hydrogen-bond acceptors (Lipinski definition) is 3. The average molecular weight is 241 g/mol. The number of likely N-dealkylation sites (tertiary alicyclic amines) is 1. The van der Waals surface area contributed by atoms with Crippen LogP contribution in [-0.4, -0.2) is 47.2 Å². The molecule has 2 bridgehead atoms. The molecule has 2 rings (SSSR count). The van der Waals surface area contributed by atoms with Crippen molar-refractivity contribution in [1.82, 2.24) is 4.90 Å². The van der Waals surface area contributed by atoms with Gasteiger partial charge in [-0.3, -0.25) is 9.59 Å². The number of carboxylic acids is 1. The molecule has 2 aliphatic rings. The monoisotopic (exact) mass is 241 g/mol. The summed E-state index contributed by atoms with van der Waals surface area (Å²) in [5.74, 6) is -0.641. The van der Waals surface area contributed by atoms with Crippen molar-refractivity contribution in [3.63, 3.8) is 0 Å². The Labute approximate surface area is 101 Å². The van der Waals surface area contributed by atoms with Crippen LogP contribution in [0.1, 0.15) is 38.5 Å². The minimum absolute atomic E-state index is 0.149. The van der Waals surface area contributed by atoms with Gasteiger partial charge in [-0.25, -0.2) is 0 Å². The minimum Gasteiger partial charge on any atom is -0.481 e. The van der Waals surface area contributed by atoms with Crippen LogP contribution in [0.5, 0.6) is 0 Å². The van der Waals surface area contributed by atoms with Crippen LogP contribution in [0.2, 0.25) is 0 Å². The van der Waals surface area contributed by atoms with E-state index in [0.717, 1.165) is 12.8 Å². The van der Waals surface area contributed by atoms with E-state index in [2.05, 4.69) is 0 Å². The summed E-state index contributed by atoms with van der Waals surface area (Å²) < 4.78 is 5.66. The Kier molecular flexibility index (Phi) is 3.99. The molecule has 2 fully saturated rings. The van der Waals surface area contributed by atoms with Crippen molar-refractivity contribution >= 4 is 11.9 Å². The third-order valence-corrected chi connectivity index (χ3v) is 3.43. The molecule has 1 amide bonds. The summed E-state index contributed by atoms with van der Waals surface area (Å²) in [5.41, 5.74) is 0. The average Bonchev–Trinajstić information content (AvgIpc) is 2.63. The number of nitrogens with zero attached hydrogens (tertiary/aromatic N) is 1. The highest BCUT2D eigenvalue weighted by Gasteiger charge is 2.35. The number of hydrogen-bond donors (Lipinski definition) is 1. The fourth-order valence-electron chi connectivity index (χ4n) is 2.53. The zero-order valence-corrected chi connectivity index (χ0v) is 9.93. The Morgan fingerprint density at radius 3 is 2.29 bits per heavy atom. The molecule has 2 heterocycles. The lowest BCUT2D eigenvalue weighted by Crippen LogP contribution is -2.45. The molecule has 2 saturated heterocycles. The maximum absolute atomic E-state index is 11.9. The number of fused-ring (bicyclic) bond motifs is 2. The highest BCUT2D eigenvalue weighted by Crippen LogP contribution is 2.26. The van der Waals surface area contributed by atoms with Crippen molar-refractivity contribution in [1.29, 1.82) is 0 Å². The maximum atomic E-state index is 11.9. The molecule has 0 aromatic rings. The normalized spacial score (nSPS) is 27.2. The van der Waals surface area contributed by atoms with Crippen molar-refractivity contribution in [2.24, 2.45) is 0 Å². The standard InChI is InChI=1S/C12H19NO4/c14-11(3-1-2-4-12(15)16)13-7-9-5-6-10(8-13)17-9/h9-10H,1-8H2,(H,15,16). The van der Waals surface area contributed by atoms with Crippen molar-refractivity contribution in [2.45, 2.75) is 50.7 Å². The van der Waals surface area contributed by atoms with Crippen molar-refractivity contribution in [3.8, 4) is 0 Å². The summed E-state index contributed by atoms with van der Waals surface area (Å²) in [4.78, 5) is 24.1. The molecule has 0 aromatic carbocycles. The molecule has 2 aliphatic heterocycles. The van der Waals surface area contributed by atoms with Crippen LogP contribution < -0.4 is 0 Å². The van der Waals surface area contributed by atoms with E-state index in [-0.39, 0.29) is 24.5 Å².